The van der Waals surface area contributed by atoms with Gasteiger partial charge in [0, 0.05) is 30.1 Å². The Balaban J connectivity index is 1.59. The summed E-state index contributed by atoms with van der Waals surface area (Å²) >= 11 is 5.59. The second-order valence-electron chi connectivity index (χ2n) is 7.41. The molecule has 0 unspecified atom stereocenters. The van der Waals surface area contributed by atoms with Crippen LogP contribution in [0.15, 0.2) is 47.3 Å². The number of aromatic nitrogens is 1. The molecule has 1 aliphatic rings. The lowest BCUT2D eigenvalue weighted by molar-refractivity contribution is 0.174. The van der Waals surface area contributed by atoms with Crippen LogP contribution >= 0.6 is 12.2 Å². The maximum Gasteiger partial charge on any atom is 0.253 e. The lowest BCUT2D eigenvalue weighted by atomic mass is 10.1. The first-order valence-electron chi connectivity index (χ1n) is 10.1. The van der Waals surface area contributed by atoms with Gasteiger partial charge in [-0.15, -0.1) is 0 Å². The quantitative estimate of drug-likeness (QED) is 0.592. The van der Waals surface area contributed by atoms with Crippen LogP contribution < -0.4 is 20.3 Å². The molecule has 0 atom stereocenters. The summed E-state index contributed by atoms with van der Waals surface area (Å²) in [5.41, 5.74) is 3.75. The molecule has 156 valence electrons. The lowest BCUT2D eigenvalue weighted by Gasteiger charge is -2.25. The molecule has 1 aromatic heterocycles. The van der Waals surface area contributed by atoms with Gasteiger partial charge in [0.1, 0.15) is 0 Å². The molecule has 0 amide bonds. The molecule has 1 aliphatic heterocycles. The third kappa shape index (κ3) is 4.41. The minimum atomic E-state index is -0.124. The van der Waals surface area contributed by atoms with Gasteiger partial charge in [-0.05, 0) is 50.2 Å². The molecular formula is C23H25N3O3S. The van der Waals surface area contributed by atoms with E-state index in [0.717, 1.165) is 23.9 Å². The van der Waals surface area contributed by atoms with E-state index in [1.807, 2.05) is 30.0 Å². The van der Waals surface area contributed by atoms with Gasteiger partial charge in [-0.1, -0.05) is 29.8 Å². The van der Waals surface area contributed by atoms with E-state index >= 15 is 0 Å². The fraction of sp³-hybridized carbons (Fsp3) is 0.304. The Bertz CT molecular complexity index is 1140. The van der Waals surface area contributed by atoms with Crippen LogP contribution in [0.2, 0.25) is 0 Å². The predicted octanol–water partition coefficient (Wildman–Crippen LogP) is 3.50. The number of hydrogen-bond donors (Lipinski definition) is 2. The molecule has 0 aliphatic carbocycles. The molecule has 4 rings (SSSR count). The molecule has 2 aromatic carbocycles. The third-order valence-corrected chi connectivity index (χ3v) is 5.55. The van der Waals surface area contributed by atoms with Gasteiger partial charge in [0.15, 0.2) is 16.6 Å². The molecule has 6 nitrogen and oxygen atoms in total. The topological polar surface area (TPSA) is 66.6 Å². The van der Waals surface area contributed by atoms with E-state index in [2.05, 4.69) is 41.5 Å². The van der Waals surface area contributed by atoms with Gasteiger partial charge in [0.2, 0.25) is 6.79 Å². The summed E-state index contributed by atoms with van der Waals surface area (Å²) in [5.74, 6) is 1.35. The molecule has 0 bridgehead atoms. The minimum Gasteiger partial charge on any atom is -0.454 e. The summed E-state index contributed by atoms with van der Waals surface area (Å²) < 4.78 is 10.9. The van der Waals surface area contributed by atoms with Gasteiger partial charge in [-0.2, -0.15) is 0 Å². The number of nitrogens with zero attached hydrogens (tertiary/aromatic N) is 1. The van der Waals surface area contributed by atoms with Gasteiger partial charge in [0.25, 0.3) is 5.56 Å². The Labute approximate surface area is 180 Å². The van der Waals surface area contributed by atoms with Crippen molar-refractivity contribution in [2.45, 2.75) is 26.8 Å². The van der Waals surface area contributed by atoms with E-state index in [0.29, 0.717) is 35.3 Å². The molecule has 2 N–H and O–H groups in total. The average Bonchev–Trinajstić information content (AvgIpc) is 3.17. The van der Waals surface area contributed by atoms with Crippen molar-refractivity contribution in [2.24, 2.45) is 0 Å². The van der Waals surface area contributed by atoms with Crippen molar-refractivity contribution >= 4 is 28.2 Å². The van der Waals surface area contributed by atoms with Crippen molar-refractivity contribution in [1.29, 1.82) is 0 Å². The van der Waals surface area contributed by atoms with Gasteiger partial charge >= 0.3 is 0 Å². The Morgan fingerprint density at radius 2 is 2.00 bits per heavy atom. The number of H-pyrrole nitrogens is 1. The van der Waals surface area contributed by atoms with Crippen LogP contribution in [-0.2, 0) is 13.0 Å². The van der Waals surface area contributed by atoms with Crippen LogP contribution in [0.3, 0.4) is 0 Å². The van der Waals surface area contributed by atoms with Crippen LogP contribution in [0, 0.1) is 6.92 Å². The fourth-order valence-electron chi connectivity index (χ4n) is 3.61. The number of pyridine rings is 1. The summed E-state index contributed by atoms with van der Waals surface area (Å²) in [7, 11) is 0. The van der Waals surface area contributed by atoms with E-state index in [1.165, 1.54) is 11.1 Å². The molecule has 0 saturated heterocycles. The molecule has 30 heavy (non-hydrogen) atoms. The number of aromatic amines is 1. The number of thiocarbonyl (C=S) groups is 1. The Morgan fingerprint density at radius 1 is 1.20 bits per heavy atom. The van der Waals surface area contributed by atoms with Crippen molar-refractivity contribution in [2.75, 3.05) is 19.9 Å². The van der Waals surface area contributed by atoms with E-state index in [4.69, 9.17) is 21.7 Å². The zero-order valence-corrected chi connectivity index (χ0v) is 18.0. The first kappa shape index (κ1) is 20.2. The number of rotatable bonds is 6. The highest BCUT2D eigenvalue weighted by atomic mass is 32.1. The van der Waals surface area contributed by atoms with Crippen molar-refractivity contribution in [3.05, 3.63) is 69.5 Å². The SMILES string of the molecule is CCNC(=S)N(CCc1cccc(C)c1)Cc1cc2cc3c(cc2[nH]c1=O)OCO3. The van der Waals surface area contributed by atoms with Crippen molar-refractivity contribution < 1.29 is 9.47 Å². The molecule has 0 saturated carbocycles. The maximum absolute atomic E-state index is 12.8. The van der Waals surface area contributed by atoms with Gasteiger partial charge in [0.05, 0.1) is 12.1 Å². The predicted molar refractivity (Wildman–Crippen MR) is 122 cm³/mol. The second-order valence-corrected chi connectivity index (χ2v) is 7.80. The van der Waals surface area contributed by atoms with Gasteiger partial charge in [-0.3, -0.25) is 4.79 Å². The van der Waals surface area contributed by atoms with Gasteiger partial charge < -0.3 is 24.7 Å². The largest absolute Gasteiger partial charge is 0.454 e. The normalized spacial score (nSPS) is 12.2. The summed E-state index contributed by atoms with van der Waals surface area (Å²) in [4.78, 5) is 17.8. The highest BCUT2D eigenvalue weighted by Crippen LogP contribution is 2.35. The molecule has 7 heteroatoms. The third-order valence-electron chi connectivity index (χ3n) is 5.14. The number of ether oxygens (including phenoxy) is 2. The lowest BCUT2D eigenvalue weighted by Crippen LogP contribution is -2.41. The maximum atomic E-state index is 12.8. The van der Waals surface area contributed by atoms with Gasteiger partial charge in [-0.25, -0.2) is 0 Å². The zero-order valence-electron chi connectivity index (χ0n) is 17.2. The van der Waals surface area contributed by atoms with Crippen LogP contribution in [0.4, 0.5) is 0 Å². The fourth-order valence-corrected chi connectivity index (χ4v) is 3.91. The Morgan fingerprint density at radius 3 is 2.77 bits per heavy atom. The zero-order chi connectivity index (χ0) is 21.1. The molecule has 3 aromatic rings. The van der Waals surface area contributed by atoms with Crippen LogP contribution in [0.5, 0.6) is 11.5 Å². The number of fused-ring (bicyclic) bond motifs is 2. The molecular weight excluding hydrogens is 398 g/mol. The highest BCUT2D eigenvalue weighted by Gasteiger charge is 2.17. The second kappa shape index (κ2) is 8.75. The summed E-state index contributed by atoms with van der Waals surface area (Å²) in [5, 5.41) is 4.77. The molecule has 0 spiro atoms. The number of hydrogen-bond acceptors (Lipinski definition) is 4. The van der Waals surface area contributed by atoms with Crippen molar-refractivity contribution in [3.63, 3.8) is 0 Å². The highest BCUT2D eigenvalue weighted by molar-refractivity contribution is 7.80. The van der Waals surface area contributed by atoms with Crippen LogP contribution in [0.1, 0.15) is 23.6 Å². The number of aryl methyl sites for hydroxylation is 1. The van der Waals surface area contributed by atoms with E-state index in [1.54, 1.807) is 0 Å². The van der Waals surface area contributed by atoms with E-state index in [-0.39, 0.29) is 12.4 Å². The van der Waals surface area contributed by atoms with E-state index < -0.39 is 0 Å². The number of benzene rings is 2. The Hall–Kier alpha value is -3.06. The summed E-state index contributed by atoms with van der Waals surface area (Å²) in [6.07, 6.45) is 0.845. The van der Waals surface area contributed by atoms with Crippen LogP contribution in [0.25, 0.3) is 10.9 Å². The monoisotopic (exact) mass is 423 g/mol. The van der Waals surface area contributed by atoms with E-state index in [9.17, 15) is 4.79 Å². The molecule has 0 fully saturated rings. The smallest absolute Gasteiger partial charge is 0.253 e. The number of nitrogens with one attached hydrogen (secondary N) is 2. The first-order chi connectivity index (χ1) is 14.5. The Kier molecular flexibility index (Phi) is 5.90. The standard InChI is InChI=1S/C23H25N3O3S/c1-3-24-23(30)26(8-7-16-6-4-5-15(2)9-16)13-18-10-17-11-20-21(29-14-28-20)12-19(17)25-22(18)27/h4-6,9-12H,3,7-8,13-14H2,1-2H3,(H,24,30)(H,25,27). The average molecular weight is 424 g/mol. The summed E-state index contributed by atoms with van der Waals surface area (Å²) in [6, 6.07) is 14.1. The minimum absolute atomic E-state index is 0.124. The van der Waals surface area contributed by atoms with Crippen molar-refractivity contribution in [3.8, 4) is 11.5 Å². The molecule has 0 radical (unpaired) electrons. The van der Waals surface area contributed by atoms with Crippen molar-refractivity contribution in [1.82, 2.24) is 15.2 Å². The summed E-state index contributed by atoms with van der Waals surface area (Å²) in [6.45, 7) is 6.18. The molecule has 2 heterocycles. The van der Waals surface area contributed by atoms with Crippen LogP contribution in [-0.4, -0.2) is 34.9 Å². The first-order valence-corrected chi connectivity index (χ1v) is 10.5.